The molecule has 168 valence electrons. The molecule has 0 radical (unpaired) electrons. The molecule has 0 spiro atoms. The number of urea groups is 1. The fraction of sp³-hybridized carbons (Fsp3) is 0.579. The lowest BCUT2D eigenvalue weighted by Crippen LogP contribution is -2.49. The minimum Gasteiger partial charge on any atom is -0.488 e. The molecule has 0 saturated carbocycles. The van der Waals surface area contributed by atoms with Crippen LogP contribution in [0.3, 0.4) is 0 Å². The van der Waals surface area contributed by atoms with Gasteiger partial charge >= 0.3 is 6.03 Å². The molecule has 1 fully saturated rings. The largest absolute Gasteiger partial charge is 0.488 e. The summed E-state index contributed by atoms with van der Waals surface area (Å²) >= 11 is 0. The van der Waals surface area contributed by atoms with Crippen LogP contribution in [0.1, 0.15) is 44.2 Å². The first-order valence-electron chi connectivity index (χ1n) is 9.76. The second-order valence-corrected chi connectivity index (χ2v) is 8.96. The number of imide groups is 1. The van der Waals surface area contributed by atoms with Crippen molar-refractivity contribution in [3.05, 3.63) is 29.8 Å². The second-order valence-electron chi connectivity index (χ2n) is 7.08. The maximum atomic E-state index is 12.3. The third-order valence-corrected chi connectivity index (χ3v) is 6.11. The first kappa shape index (κ1) is 24.0. The monoisotopic (exact) mass is 447 g/mol. The van der Waals surface area contributed by atoms with Crippen molar-refractivity contribution in [1.82, 2.24) is 14.9 Å². The second kappa shape index (κ2) is 11.2. The van der Waals surface area contributed by atoms with Crippen LogP contribution >= 0.6 is 0 Å². The van der Waals surface area contributed by atoms with E-state index >= 15 is 0 Å². The Kier molecular flexibility index (Phi) is 8.97. The van der Waals surface area contributed by atoms with Gasteiger partial charge in [0.1, 0.15) is 12.4 Å². The van der Waals surface area contributed by atoms with Gasteiger partial charge in [-0.3, -0.25) is 10.1 Å². The van der Waals surface area contributed by atoms with E-state index in [1.54, 1.807) is 24.0 Å². The molecule has 0 bridgehead atoms. The summed E-state index contributed by atoms with van der Waals surface area (Å²) in [5, 5.41) is 2.25. The van der Waals surface area contributed by atoms with E-state index in [1.807, 2.05) is 0 Å². The standard InChI is InChI=1S/C19H27F2N3O5S/c1-14(15-6-5-7-16(12-15)29-13-17(20)21)23-30(27,28)11-4-2-3-9-24-10-8-18(25)22-19(24)26/h5-7,12,14,17,23H,2-4,8-11,13H2,1H3,(H,22,25,26)/t14-/m1/s1. The van der Waals surface area contributed by atoms with Crippen molar-refractivity contribution in [3.8, 4) is 5.75 Å². The fourth-order valence-electron chi connectivity index (χ4n) is 3.01. The first-order chi connectivity index (χ1) is 14.2. The fourth-order valence-corrected chi connectivity index (χ4v) is 4.39. The number of rotatable bonds is 12. The molecule has 0 aromatic heterocycles. The van der Waals surface area contributed by atoms with E-state index in [4.69, 9.17) is 4.74 Å². The van der Waals surface area contributed by atoms with Gasteiger partial charge in [0.2, 0.25) is 15.9 Å². The quantitative estimate of drug-likeness (QED) is 0.479. The average molecular weight is 448 g/mol. The highest BCUT2D eigenvalue weighted by Gasteiger charge is 2.22. The van der Waals surface area contributed by atoms with Gasteiger partial charge in [0, 0.05) is 25.6 Å². The Balaban J connectivity index is 1.73. The van der Waals surface area contributed by atoms with Crippen molar-refractivity contribution in [2.45, 2.75) is 45.1 Å². The predicted molar refractivity (Wildman–Crippen MR) is 107 cm³/mol. The number of ether oxygens (including phenoxy) is 1. The maximum Gasteiger partial charge on any atom is 0.324 e. The topological polar surface area (TPSA) is 105 Å². The molecule has 3 amide bonds. The molecule has 1 aliphatic rings. The lowest BCUT2D eigenvalue weighted by Gasteiger charge is -2.26. The predicted octanol–water partition coefficient (Wildman–Crippen LogP) is 2.42. The number of alkyl halides is 2. The van der Waals surface area contributed by atoms with Crippen molar-refractivity contribution in [3.63, 3.8) is 0 Å². The number of carbonyl (C=O) groups is 2. The van der Waals surface area contributed by atoms with Crippen LogP contribution in [0.4, 0.5) is 13.6 Å². The lowest BCUT2D eigenvalue weighted by molar-refractivity contribution is -0.121. The van der Waals surface area contributed by atoms with E-state index in [0.717, 1.165) is 0 Å². The number of carbonyl (C=O) groups excluding carboxylic acids is 2. The molecule has 8 nitrogen and oxygen atoms in total. The number of sulfonamides is 1. The summed E-state index contributed by atoms with van der Waals surface area (Å²) in [6.45, 7) is 1.79. The van der Waals surface area contributed by atoms with Crippen LogP contribution in [0.5, 0.6) is 5.75 Å². The minimum absolute atomic E-state index is 0.0659. The highest BCUT2D eigenvalue weighted by molar-refractivity contribution is 7.89. The Morgan fingerprint density at radius 1 is 1.23 bits per heavy atom. The smallest absolute Gasteiger partial charge is 0.324 e. The van der Waals surface area contributed by atoms with Crippen LogP contribution in [-0.2, 0) is 14.8 Å². The summed E-state index contributed by atoms with van der Waals surface area (Å²) in [6, 6.07) is 5.42. The molecule has 1 aliphatic heterocycles. The zero-order valence-electron chi connectivity index (χ0n) is 16.8. The van der Waals surface area contributed by atoms with E-state index in [1.165, 1.54) is 12.1 Å². The third-order valence-electron chi connectivity index (χ3n) is 4.57. The highest BCUT2D eigenvalue weighted by Crippen LogP contribution is 2.20. The van der Waals surface area contributed by atoms with Crippen LogP contribution < -0.4 is 14.8 Å². The molecule has 2 rings (SSSR count). The van der Waals surface area contributed by atoms with Crippen LogP contribution in [0.25, 0.3) is 0 Å². The molecule has 1 aromatic rings. The maximum absolute atomic E-state index is 12.3. The van der Waals surface area contributed by atoms with E-state index in [-0.39, 0.29) is 23.8 Å². The summed E-state index contributed by atoms with van der Waals surface area (Å²) in [6.07, 6.45) is -0.638. The van der Waals surface area contributed by atoms with Gasteiger partial charge in [0.15, 0.2) is 0 Å². The molecule has 1 saturated heterocycles. The number of benzene rings is 1. The zero-order chi connectivity index (χ0) is 22.1. The third kappa shape index (κ3) is 8.23. The molecule has 0 unspecified atom stereocenters. The molecule has 11 heteroatoms. The Bertz CT molecular complexity index is 835. The van der Waals surface area contributed by atoms with E-state index in [0.29, 0.717) is 37.9 Å². The first-order valence-corrected chi connectivity index (χ1v) is 11.4. The van der Waals surface area contributed by atoms with Gasteiger partial charge in [-0.2, -0.15) is 0 Å². The number of halogens is 2. The van der Waals surface area contributed by atoms with Gasteiger partial charge in [-0.1, -0.05) is 18.6 Å². The van der Waals surface area contributed by atoms with Gasteiger partial charge in [-0.25, -0.2) is 26.7 Å². The average Bonchev–Trinajstić information content (AvgIpc) is 2.67. The highest BCUT2D eigenvalue weighted by atomic mass is 32.2. The van der Waals surface area contributed by atoms with E-state index in [2.05, 4.69) is 10.0 Å². The molecule has 1 heterocycles. The SMILES string of the molecule is C[C@@H](NS(=O)(=O)CCCCCN1CCC(=O)NC1=O)c1cccc(OCC(F)F)c1. The number of hydrogen-bond donors (Lipinski definition) is 2. The molecular weight excluding hydrogens is 420 g/mol. The van der Waals surface area contributed by atoms with E-state index < -0.39 is 35.1 Å². The number of hydrogen-bond acceptors (Lipinski definition) is 5. The number of nitrogens with zero attached hydrogens (tertiary/aromatic N) is 1. The van der Waals surface area contributed by atoms with Gasteiger partial charge in [0.05, 0.1) is 5.75 Å². The van der Waals surface area contributed by atoms with Crippen LogP contribution in [0.2, 0.25) is 0 Å². The summed E-state index contributed by atoms with van der Waals surface area (Å²) in [5.41, 5.74) is 0.607. The van der Waals surface area contributed by atoms with Crippen LogP contribution in [0, 0.1) is 0 Å². The molecule has 30 heavy (non-hydrogen) atoms. The Labute approximate surface area is 175 Å². The normalized spacial score (nSPS) is 15.9. The van der Waals surface area contributed by atoms with Gasteiger partial charge in [0.25, 0.3) is 6.43 Å². The van der Waals surface area contributed by atoms with Gasteiger partial charge < -0.3 is 9.64 Å². The zero-order valence-corrected chi connectivity index (χ0v) is 17.6. The molecule has 1 aromatic carbocycles. The Morgan fingerprint density at radius 3 is 2.70 bits per heavy atom. The van der Waals surface area contributed by atoms with E-state index in [9.17, 15) is 26.8 Å². The number of nitrogens with one attached hydrogen (secondary N) is 2. The summed E-state index contributed by atoms with van der Waals surface area (Å²) in [4.78, 5) is 24.3. The summed E-state index contributed by atoms with van der Waals surface area (Å²) < 4.78 is 56.7. The number of amides is 3. The van der Waals surface area contributed by atoms with Gasteiger partial charge in [-0.15, -0.1) is 0 Å². The van der Waals surface area contributed by atoms with Crippen molar-refractivity contribution in [2.24, 2.45) is 0 Å². The van der Waals surface area contributed by atoms with Crippen molar-refractivity contribution in [2.75, 3.05) is 25.4 Å². The van der Waals surface area contributed by atoms with Crippen molar-refractivity contribution >= 4 is 22.0 Å². The molecule has 2 N–H and O–H groups in total. The lowest BCUT2D eigenvalue weighted by atomic mass is 10.1. The van der Waals surface area contributed by atoms with Crippen LogP contribution in [0.15, 0.2) is 24.3 Å². The van der Waals surface area contributed by atoms with Crippen molar-refractivity contribution in [1.29, 1.82) is 0 Å². The van der Waals surface area contributed by atoms with Crippen LogP contribution in [-0.4, -0.2) is 57.1 Å². The molecule has 1 atom stereocenters. The molecular formula is C19H27F2N3O5S. The Hall–Kier alpha value is -2.27. The minimum atomic E-state index is -3.54. The number of unbranched alkanes of at least 4 members (excludes halogenated alkanes) is 2. The molecule has 0 aliphatic carbocycles. The Morgan fingerprint density at radius 2 is 2.00 bits per heavy atom. The summed E-state index contributed by atoms with van der Waals surface area (Å²) in [5.74, 6) is -0.0974. The summed E-state index contributed by atoms with van der Waals surface area (Å²) in [7, 11) is -3.54. The van der Waals surface area contributed by atoms with Gasteiger partial charge in [-0.05, 0) is 37.5 Å². The van der Waals surface area contributed by atoms with Crippen molar-refractivity contribution < 1.29 is 31.5 Å².